The lowest BCUT2D eigenvalue weighted by atomic mass is 10.2. The first-order chi connectivity index (χ1) is 9.88. The second-order valence-electron chi connectivity index (χ2n) is 4.87. The van der Waals surface area contributed by atoms with E-state index in [2.05, 4.69) is 27.3 Å². The van der Waals surface area contributed by atoms with Crippen molar-refractivity contribution in [1.29, 1.82) is 0 Å². The summed E-state index contributed by atoms with van der Waals surface area (Å²) in [6.45, 7) is 2.53. The van der Waals surface area contributed by atoms with Gasteiger partial charge in [-0.15, -0.1) is 0 Å². The molecule has 0 fully saturated rings. The van der Waals surface area contributed by atoms with Gasteiger partial charge >= 0.3 is 0 Å². The van der Waals surface area contributed by atoms with Crippen LogP contribution in [0.15, 0.2) is 42.6 Å². The molecule has 0 saturated heterocycles. The third-order valence-electron chi connectivity index (χ3n) is 3.41. The minimum atomic E-state index is 0.754. The molecule has 0 atom stereocenters. The Morgan fingerprint density at radius 3 is 3.10 bits per heavy atom. The molecular formula is C16H19N3O. The van der Waals surface area contributed by atoms with Gasteiger partial charge in [0.25, 0.3) is 0 Å². The number of aromatic nitrogens is 1. The Hall–Kier alpha value is -2.07. The highest BCUT2D eigenvalue weighted by Gasteiger charge is 2.18. The van der Waals surface area contributed by atoms with E-state index in [1.165, 1.54) is 5.56 Å². The molecule has 0 saturated carbocycles. The van der Waals surface area contributed by atoms with Gasteiger partial charge in [-0.1, -0.05) is 12.1 Å². The van der Waals surface area contributed by atoms with Gasteiger partial charge in [0.2, 0.25) is 0 Å². The van der Waals surface area contributed by atoms with E-state index in [0.717, 1.165) is 43.4 Å². The lowest BCUT2D eigenvalue weighted by Crippen LogP contribution is -2.19. The second-order valence-corrected chi connectivity index (χ2v) is 4.87. The average Bonchev–Trinajstić information content (AvgIpc) is 2.70. The molecule has 1 aromatic carbocycles. The number of para-hydroxylation sites is 2. The van der Waals surface area contributed by atoms with E-state index in [0.29, 0.717) is 0 Å². The summed E-state index contributed by atoms with van der Waals surface area (Å²) in [6, 6.07) is 12.3. The van der Waals surface area contributed by atoms with Gasteiger partial charge in [0.1, 0.15) is 11.6 Å². The zero-order valence-corrected chi connectivity index (χ0v) is 11.7. The van der Waals surface area contributed by atoms with Crippen LogP contribution in [0.1, 0.15) is 12.0 Å². The van der Waals surface area contributed by atoms with Crippen molar-refractivity contribution in [3.05, 3.63) is 48.2 Å². The van der Waals surface area contributed by atoms with Crippen LogP contribution in [0.2, 0.25) is 0 Å². The summed E-state index contributed by atoms with van der Waals surface area (Å²) in [7, 11) is 1.95. The molecule has 4 nitrogen and oxygen atoms in total. The van der Waals surface area contributed by atoms with Crippen LogP contribution in [0.4, 0.5) is 11.5 Å². The van der Waals surface area contributed by atoms with Crippen molar-refractivity contribution in [2.45, 2.75) is 13.0 Å². The van der Waals surface area contributed by atoms with Crippen molar-refractivity contribution in [1.82, 2.24) is 10.3 Å². The lowest BCUT2D eigenvalue weighted by Gasteiger charge is -2.23. The molecule has 0 aliphatic carbocycles. The van der Waals surface area contributed by atoms with Crippen LogP contribution in [0.5, 0.6) is 5.75 Å². The van der Waals surface area contributed by atoms with Gasteiger partial charge in [-0.05, 0) is 43.3 Å². The number of nitrogens with one attached hydrogen (secondary N) is 1. The van der Waals surface area contributed by atoms with Crippen molar-refractivity contribution < 1.29 is 4.74 Å². The van der Waals surface area contributed by atoms with Crippen LogP contribution in [0.25, 0.3) is 0 Å². The summed E-state index contributed by atoms with van der Waals surface area (Å²) in [5, 5.41) is 3.17. The fraction of sp³-hybridized carbons (Fsp3) is 0.312. The second kappa shape index (κ2) is 5.92. The average molecular weight is 269 g/mol. The van der Waals surface area contributed by atoms with E-state index in [9.17, 15) is 0 Å². The van der Waals surface area contributed by atoms with Crippen LogP contribution in [0, 0.1) is 0 Å². The summed E-state index contributed by atoms with van der Waals surface area (Å²) in [5.74, 6) is 1.92. The molecule has 4 heteroatoms. The molecule has 104 valence electrons. The predicted molar refractivity (Wildman–Crippen MR) is 80.6 cm³/mol. The predicted octanol–water partition coefficient (Wildman–Crippen LogP) is 2.72. The smallest absolute Gasteiger partial charge is 0.142 e. The number of nitrogens with zero attached hydrogens (tertiary/aromatic N) is 2. The number of hydrogen-bond acceptors (Lipinski definition) is 4. The molecule has 0 radical (unpaired) electrons. The van der Waals surface area contributed by atoms with E-state index in [4.69, 9.17) is 4.74 Å². The first-order valence-electron chi connectivity index (χ1n) is 6.97. The van der Waals surface area contributed by atoms with Gasteiger partial charge in [-0.2, -0.15) is 0 Å². The number of anilines is 2. The minimum Gasteiger partial charge on any atom is -0.491 e. The molecular weight excluding hydrogens is 250 g/mol. The van der Waals surface area contributed by atoms with Crippen LogP contribution in [-0.2, 0) is 6.54 Å². The highest BCUT2D eigenvalue weighted by molar-refractivity contribution is 5.67. The van der Waals surface area contributed by atoms with Gasteiger partial charge in [-0.3, -0.25) is 0 Å². The Morgan fingerprint density at radius 2 is 2.20 bits per heavy atom. The molecule has 0 bridgehead atoms. The van der Waals surface area contributed by atoms with Crippen LogP contribution in [-0.4, -0.2) is 25.2 Å². The lowest BCUT2D eigenvalue weighted by molar-refractivity contribution is 0.322. The largest absolute Gasteiger partial charge is 0.491 e. The van der Waals surface area contributed by atoms with Gasteiger partial charge < -0.3 is 15.0 Å². The van der Waals surface area contributed by atoms with Crippen molar-refractivity contribution in [3.63, 3.8) is 0 Å². The quantitative estimate of drug-likeness (QED) is 0.929. The maximum absolute atomic E-state index is 5.80. The summed E-state index contributed by atoms with van der Waals surface area (Å²) in [6.07, 6.45) is 2.86. The fourth-order valence-electron chi connectivity index (χ4n) is 2.49. The fourth-order valence-corrected chi connectivity index (χ4v) is 2.49. The Morgan fingerprint density at radius 1 is 1.30 bits per heavy atom. The first kappa shape index (κ1) is 12.9. The van der Waals surface area contributed by atoms with Gasteiger partial charge in [-0.25, -0.2) is 4.98 Å². The van der Waals surface area contributed by atoms with E-state index in [1.807, 2.05) is 37.5 Å². The molecule has 0 amide bonds. The number of pyridine rings is 1. The van der Waals surface area contributed by atoms with Crippen LogP contribution >= 0.6 is 0 Å². The zero-order valence-electron chi connectivity index (χ0n) is 11.7. The third-order valence-corrected chi connectivity index (χ3v) is 3.41. The molecule has 0 spiro atoms. The Kier molecular flexibility index (Phi) is 3.83. The SMILES string of the molecule is CNCc1ccnc(N2CCCOc3ccccc32)c1. The monoisotopic (exact) mass is 269 g/mol. The van der Waals surface area contributed by atoms with Gasteiger partial charge in [0.05, 0.1) is 12.3 Å². The molecule has 1 N–H and O–H groups in total. The first-order valence-corrected chi connectivity index (χ1v) is 6.97. The third kappa shape index (κ3) is 2.60. The van der Waals surface area contributed by atoms with Crippen LogP contribution < -0.4 is 15.0 Å². The van der Waals surface area contributed by atoms with E-state index < -0.39 is 0 Å². The zero-order chi connectivity index (χ0) is 13.8. The Labute approximate surface area is 119 Å². The van der Waals surface area contributed by atoms with Crippen LogP contribution in [0.3, 0.4) is 0 Å². The Bertz CT molecular complexity index is 585. The summed E-state index contributed by atoms with van der Waals surface area (Å²) in [5.41, 5.74) is 2.33. The maximum atomic E-state index is 5.80. The van der Waals surface area contributed by atoms with Crippen molar-refractivity contribution in [2.75, 3.05) is 25.1 Å². The highest BCUT2D eigenvalue weighted by atomic mass is 16.5. The minimum absolute atomic E-state index is 0.754. The molecule has 20 heavy (non-hydrogen) atoms. The standard InChI is InChI=1S/C16H19N3O/c1-17-12-13-7-8-18-16(11-13)19-9-4-10-20-15-6-3-2-5-14(15)19/h2-3,5-8,11,17H,4,9-10,12H2,1H3. The van der Waals surface area contributed by atoms with E-state index >= 15 is 0 Å². The van der Waals surface area contributed by atoms with Gasteiger partial charge in [0, 0.05) is 19.3 Å². The van der Waals surface area contributed by atoms with Crippen molar-refractivity contribution in [3.8, 4) is 5.75 Å². The topological polar surface area (TPSA) is 37.4 Å². The number of fused-ring (bicyclic) bond motifs is 1. The molecule has 2 aromatic rings. The normalized spacial score (nSPS) is 14.3. The molecule has 3 rings (SSSR count). The summed E-state index contributed by atoms with van der Waals surface area (Å²) >= 11 is 0. The molecule has 1 aromatic heterocycles. The van der Waals surface area contributed by atoms with Crippen molar-refractivity contribution in [2.24, 2.45) is 0 Å². The molecule has 1 aliphatic rings. The van der Waals surface area contributed by atoms with E-state index in [1.54, 1.807) is 0 Å². The Balaban J connectivity index is 1.98. The van der Waals surface area contributed by atoms with Gasteiger partial charge in [0.15, 0.2) is 0 Å². The molecule has 2 heterocycles. The number of rotatable bonds is 3. The highest BCUT2D eigenvalue weighted by Crippen LogP contribution is 2.34. The number of ether oxygens (including phenoxy) is 1. The van der Waals surface area contributed by atoms with E-state index in [-0.39, 0.29) is 0 Å². The summed E-state index contributed by atoms with van der Waals surface area (Å²) < 4.78 is 5.80. The number of benzene rings is 1. The summed E-state index contributed by atoms with van der Waals surface area (Å²) in [4.78, 5) is 6.77. The molecule has 1 aliphatic heterocycles. The maximum Gasteiger partial charge on any atom is 0.142 e. The van der Waals surface area contributed by atoms with Crippen molar-refractivity contribution >= 4 is 11.5 Å². The molecule has 0 unspecified atom stereocenters. The number of hydrogen-bond donors (Lipinski definition) is 1.